The van der Waals surface area contributed by atoms with E-state index >= 15 is 0 Å². The lowest BCUT2D eigenvalue weighted by Crippen LogP contribution is -2.39. The summed E-state index contributed by atoms with van der Waals surface area (Å²) >= 11 is 0. The summed E-state index contributed by atoms with van der Waals surface area (Å²) in [6.07, 6.45) is 1.11. The molecule has 7 nitrogen and oxygen atoms in total. The average molecular weight is 289 g/mol. The van der Waals surface area contributed by atoms with Crippen LogP contribution in [0.5, 0.6) is 5.75 Å². The van der Waals surface area contributed by atoms with Crippen LogP contribution in [0.3, 0.4) is 0 Å². The third kappa shape index (κ3) is 4.54. The number of benzene rings is 1. The average Bonchev–Trinajstić information content (AvgIpc) is 2.42. The van der Waals surface area contributed by atoms with Crippen molar-refractivity contribution in [3.05, 3.63) is 35.5 Å². The van der Waals surface area contributed by atoms with E-state index in [-0.39, 0.29) is 11.3 Å². The highest BCUT2D eigenvalue weighted by Gasteiger charge is 2.17. The van der Waals surface area contributed by atoms with E-state index in [1.165, 1.54) is 13.0 Å². The number of carbonyl (C=O) groups excluding carboxylic acids is 1. The Hall–Kier alpha value is -3.01. The van der Waals surface area contributed by atoms with Crippen molar-refractivity contribution < 1.29 is 19.8 Å². The maximum Gasteiger partial charge on any atom is 0.325 e. The first-order valence-corrected chi connectivity index (χ1v) is 6.05. The van der Waals surface area contributed by atoms with E-state index in [0.717, 1.165) is 11.8 Å². The zero-order valence-electron chi connectivity index (χ0n) is 11.5. The predicted molar refractivity (Wildman–Crippen MR) is 75.4 cm³/mol. The molecule has 1 unspecified atom stereocenters. The third-order valence-electron chi connectivity index (χ3n) is 2.61. The number of carbonyl (C=O) groups is 2. The summed E-state index contributed by atoms with van der Waals surface area (Å²) in [5.74, 6) is -2.05. The molecule has 0 aliphatic heterocycles. The van der Waals surface area contributed by atoms with Crippen LogP contribution in [0.15, 0.2) is 30.0 Å². The summed E-state index contributed by atoms with van der Waals surface area (Å²) in [6.45, 7) is 3.11. The number of aryl methyl sites for hydroxylation is 1. The Morgan fingerprint density at radius 1 is 1.43 bits per heavy atom. The van der Waals surface area contributed by atoms with Gasteiger partial charge in [-0.05, 0) is 31.5 Å². The minimum absolute atomic E-state index is 0.0338. The second-order valence-electron chi connectivity index (χ2n) is 4.37. The Morgan fingerprint density at radius 2 is 2.10 bits per heavy atom. The Bertz CT molecular complexity index is 632. The lowest BCUT2D eigenvalue weighted by Gasteiger charge is -2.09. The third-order valence-corrected chi connectivity index (χ3v) is 2.61. The quantitative estimate of drug-likeness (QED) is 0.366. The largest absolute Gasteiger partial charge is 0.506 e. The van der Waals surface area contributed by atoms with Gasteiger partial charge in [-0.3, -0.25) is 9.59 Å². The van der Waals surface area contributed by atoms with E-state index in [0.29, 0.717) is 5.69 Å². The van der Waals surface area contributed by atoms with Crippen LogP contribution in [0, 0.1) is 18.3 Å². The number of carboxylic acid groups (broad SMARTS) is 1. The molecule has 110 valence electrons. The Morgan fingerprint density at radius 3 is 2.67 bits per heavy atom. The molecule has 1 aromatic rings. The maximum absolute atomic E-state index is 11.7. The molecule has 0 fully saturated rings. The van der Waals surface area contributed by atoms with Gasteiger partial charge in [-0.25, -0.2) is 0 Å². The molecular formula is C14H15N3O4. The molecule has 4 N–H and O–H groups in total. The van der Waals surface area contributed by atoms with Crippen molar-refractivity contribution >= 4 is 17.6 Å². The van der Waals surface area contributed by atoms with Crippen LogP contribution in [0.25, 0.3) is 0 Å². The van der Waals surface area contributed by atoms with Gasteiger partial charge in [0.05, 0.1) is 5.69 Å². The predicted octanol–water partition coefficient (Wildman–Crippen LogP) is 1.11. The van der Waals surface area contributed by atoms with Crippen LogP contribution in [0.4, 0.5) is 5.69 Å². The van der Waals surface area contributed by atoms with Gasteiger partial charge in [0.15, 0.2) is 0 Å². The molecule has 0 spiro atoms. The van der Waals surface area contributed by atoms with Crippen molar-refractivity contribution in [2.45, 2.75) is 19.9 Å². The van der Waals surface area contributed by atoms with E-state index in [9.17, 15) is 14.7 Å². The molecular weight excluding hydrogens is 274 g/mol. The molecule has 1 atom stereocenters. The number of hydrogen-bond donors (Lipinski definition) is 4. The number of rotatable bonds is 5. The second-order valence-corrected chi connectivity index (χ2v) is 4.37. The van der Waals surface area contributed by atoms with Crippen molar-refractivity contribution in [2.75, 3.05) is 5.32 Å². The van der Waals surface area contributed by atoms with Gasteiger partial charge in [0, 0.05) is 6.20 Å². The monoisotopic (exact) mass is 289 g/mol. The first-order valence-electron chi connectivity index (χ1n) is 6.05. The van der Waals surface area contributed by atoms with E-state index in [1.807, 2.05) is 6.92 Å². The number of carboxylic acids is 1. The molecule has 0 radical (unpaired) electrons. The topological polar surface area (TPSA) is 122 Å². The number of nitrogens with one attached hydrogen (secondary N) is 2. The van der Waals surface area contributed by atoms with E-state index < -0.39 is 17.9 Å². The number of nitrogens with zero attached hydrogens (tertiary/aromatic N) is 1. The van der Waals surface area contributed by atoms with Crippen LogP contribution in [-0.2, 0) is 9.59 Å². The van der Waals surface area contributed by atoms with Gasteiger partial charge >= 0.3 is 5.97 Å². The minimum atomic E-state index is -1.20. The highest BCUT2D eigenvalue weighted by Crippen LogP contribution is 2.23. The molecule has 0 heterocycles. The maximum atomic E-state index is 11.7. The number of hydrogen-bond acceptors (Lipinski definition) is 5. The molecule has 0 saturated heterocycles. The summed E-state index contributed by atoms with van der Waals surface area (Å²) in [5.41, 5.74) is 0.914. The number of aromatic hydroxyl groups is 1. The number of nitriles is 1. The van der Waals surface area contributed by atoms with Crippen LogP contribution in [0.1, 0.15) is 12.5 Å². The Labute approximate surface area is 121 Å². The number of anilines is 1. The smallest absolute Gasteiger partial charge is 0.325 e. The lowest BCUT2D eigenvalue weighted by atomic mass is 10.2. The standard InChI is InChI=1S/C14H15N3O4/c1-8-3-4-12(18)11(5-8)16-7-10(6-15)13(19)17-9(2)14(20)21/h3-5,7,9,16,18H,1-2H3,(H,17,19)(H,20,21)/b10-7-. The minimum Gasteiger partial charge on any atom is -0.506 e. The summed E-state index contributed by atoms with van der Waals surface area (Å²) in [5, 5.41) is 32.0. The molecule has 0 aromatic heterocycles. The summed E-state index contributed by atoms with van der Waals surface area (Å²) in [7, 11) is 0. The van der Waals surface area contributed by atoms with E-state index in [1.54, 1.807) is 18.2 Å². The lowest BCUT2D eigenvalue weighted by molar-refractivity contribution is -0.140. The zero-order valence-corrected chi connectivity index (χ0v) is 11.5. The van der Waals surface area contributed by atoms with Gasteiger partial charge in [-0.2, -0.15) is 5.26 Å². The summed E-state index contributed by atoms with van der Waals surface area (Å²) in [4.78, 5) is 22.3. The fourth-order valence-corrected chi connectivity index (χ4v) is 1.40. The molecule has 0 aliphatic rings. The van der Waals surface area contributed by atoms with Gasteiger partial charge in [-0.15, -0.1) is 0 Å². The number of phenolic OH excluding ortho intramolecular Hbond substituents is 1. The first kappa shape index (κ1) is 16.0. The van der Waals surface area contributed by atoms with Gasteiger partial charge in [0.2, 0.25) is 0 Å². The molecule has 21 heavy (non-hydrogen) atoms. The zero-order chi connectivity index (χ0) is 16.0. The first-order chi connectivity index (χ1) is 9.85. The van der Waals surface area contributed by atoms with Gasteiger partial charge in [-0.1, -0.05) is 6.07 Å². The highest BCUT2D eigenvalue weighted by atomic mass is 16.4. The van der Waals surface area contributed by atoms with Gasteiger partial charge < -0.3 is 20.8 Å². The van der Waals surface area contributed by atoms with Gasteiger partial charge in [0.1, 0.15) is 23.4 Å². The molecule has 1 rings (SSSR count). The second kappa shape index (κ2) is 6.96. The molecule has 1 aromatic carbocycles. The van der Waals surface area contributed by atoms with E-state index in [4.69, 9.17) is 10.4 Å². The SMILES string of the molecule is Cc1ccc(O)c(N/C=C(/C#N)C(=O)NC(C)C(=O)O)c1. The number of phenols is 1. The van der Waals surface area contributed by atoms with Crippen molar-refractivity contribution in [1.82, 2.24) is 5.32 Å². The van der Waals surface area contributed by atoms with Crippen LogP contribution in [0.2, 0.25) is 0 Å². The molecule has 0 saturated carbocycles. The van der Waals surface area contributed by atoms with Crippen molar-refractivity contribution in [3.8, 4) is 11.8 Å². The van der Waals surface area contributed by atoms with Crippen LogP contribution in [-0.4, -0.2) is 28.1 Å². The summed E-state index contributed by atoms with van der Waals surface area (Å²) < 4.78 is 0. The van der Waals surface area contributed by atoms with E-state index in [2.05, 4.69) is 10.6 Å². The number of aliphatic carboxylic acids is 1. The normalized spacial score (nSPS) is 12.1. The molecule has 0 bridgehead atoms. The molecule has 1 amide bonds. The van der Waals surface area contributed by atoms with Crippen molar-refractivity contribution in [1.29, 1.82) is 5.26 Å². The van der Waals surface area contributed by atoms with Crippen LogP contribution >= 0.6 is 0 Å². The highest BCUT2D eigenvalue weighted by molar-refractivity contribution is 5.99. The van der Waals surface area contributed by atoms with Crippen molar-refractivity contribution in [2.24, 2.45) is 0 Å². The summed E-state index contributed by atoms with van der Waals surface area (Å²) in [6, 6.07) is 5.37. The fourth-order valence-electron chi connectivity index (χ4n) is 1.40. The number of amides is 1. The van der Waals surface area contributed by atoms with Gasteiger partial charge in [0.25, 0.3) is 5.91 Å². The molecule has 0 aliphatic carbocycles. The van der Waals surface area contributed by atoms with Crippen LogP contribution < -0.4 is 10.6 Å². The van der Waals surface area contributed by atoms with Crippen molar-refractivity contribution in [3.63, 3.8) is 0 Å². The fraction of sp³-hybridized carbons (Fsp3) is 0.214. The Kier molecular flexibility index (Phi) is 5.31. The molecule has 7 heteroatoms. The Balaban J connectivity index is 2.85.